The summed E-state index contributed by atoms with van der Waals surface area (Å²) < 4.78 is 4.02. The minimum absolute atomic E-state index is 0. The van der Waals surface area contributed by atoms with Crippen molar-refractivity contribution in [2.75, 3.05) is 0 Å². The molecule has 1 aromatic heterocycles. The molecule has 0 amide bonds. The molecule has 0 spiro atoms. The number of rotatable bonds is 1. The molecule has 0 unspecified atom stereocenters. The molecule has 0 N–H and O–H groups in total. The van der Waals surface area contributed by atoms with Crippen molar-refractivity contribution >= 4 is 6.08 Å². The zero-order valence-electron chi connectivity index (χ0n) is 6.21. The minimum Gasteiger partial charge on any atom is -1.00 e. The largest absolute Gasteiger partial charge is 1.00 e. The van der Waals surface area contributed by atoms with Gasteiger partial charge in [-0.2, -0.15) is 0 Å². The van der Waals surface area contributed by atoms with Crippen molar-refractivity contribution in [2.24, 2.45) is 14.1 Å². The third kappa shape index (κ3) is 1.70. The lowest BCUT2D eigenvalue weighted by atomic mass is 10.5. The second kappa shape index (κ2) is 3.56. The van der Waals surface area contributed by atoms with Gasteiger partial charge in [0.15, 0.2) is 5.69 Å². The van der Waals surface area contributed by atoms with Gasteiger partial charge in [-0.3, -0.25) is 0 Å². The quantitative estimate of drug-likeness (QED) is 0.446. The van der Waals surface area contributed by atoms with E-state index in [1.807, 2.05) is 41.8 Å². The molecule has 10 heavy (non-hydrogen) atoms. The molecule has 0 saturated carbocycles. The molecule has 0 aromatic carbocycles. The van der Waals surface area contributed by atoms with Crippen LogP contribution in [0.25, 0.3) is 6.08 Å². The van der Waals surface area contributed by atoms with Gasteiger partial charge in [-0.15, -0.1) is 0 Å². The summed E-state index contributed by atoms with van der Waals surface area (Å²) in [5.41, 5.74) is 1.14. The third-order valence-electron chi connectivity index (χ3n) is 1.31. The van der Waals surface area contributed by atoms with E-state index in [0.717, 1.165) is 5.69 Å². The van der Waals surface area contributed by atoms with Gasteiger partial charge >= 0.3 is 0 Å². The van der Waals surface area contributed by atoms with Gasteiger partial charge in [0.1, 0.15) is 6.20 Å². The van der Waals surface area contributed by atoms with Gasteiger partial charge in [0.2, 0.25) is 6.33 Å². The van der Waals surface area contributed by atoms with Crippen LogP contribution in [0.4, 0.5) is 0 Å². The average Bonchev–Trinajstić information content (AvgIpc) is 2.10. The van der Waals surface area contributed by atoms with Gasteiger partial charge in [-0.1, -0.05) is 6.58 Å². The fraction of sp³-hybridized carbons (Fsp3) is 0.286. The smallest absolute Gasteiger partial charge is 0.243 e. The van der Waals surface area contributed by atoms with Gasteiger partial charge < -0.3 is 17.0 Å². The second-order valence-corrected chi connectivity index (χ2v) is 2.15. The van der Waals surface area contributed by atoms with E-state index in [1.165, 1.54) is 0 Å². The van der Waals surface area contributed by atoms with Crippen molar-refractivity contribution in [1.29, 1.82) is 0 Å². The number of aryl methyl sites for hydroxylation is 2. The zero-order valence-corrected chi connectivity index (χ0v) is 7.80. The SMILES string of the molecule is C=Cc1c[n+](C)cn1C.[Br-]. The molecule has 0 bridgehead atoms. The number of hydrogen-bond donors (Lipinski definition) is 0. The first-order chi connectivity index (χ1) is 4.24. The molecule has 1 aromatic rings. The lowest BCUT2D eigenvalue weighted by Gasteiger charge is -1.80. The van der Waals surface area contributed by atoms with Gasteiger partial charge in [-0.25, -0.2) is 9.13 Å². The van der Waals surface area contributed by atoms with Crippen LogP contribution in [0.5, 0.6) is 0 Å². The molecule has 0 aliphatic heterocycles. The Labute approximate surface area is 71.6 Å². The van der Waals surface area contributed by atoms with Crippen molar-refractivity contribution in [3.63, 3.8) is 0 Å². The molecule has 0 aliphatic rings. The number of hydrogen-bond acceptors (Lipinski definition) is 0. The van der Waals surface area contributed by atoms with Crippen LogP contribution in [0, 0.1) is 0 Å². The van der Waals surface area contributed by atoms with Crippen LogP contribution in [0.1, 0.15) is 5.69 Å². The summed E-state index contributed by atoms with van der Waals surface area (Å²) in [4.78, 5) is 0. The Bertz CT molecular complexity index is 228. The van der Waals surface area contributed by atoms with Crippen LogP contribution in [0.2, 0.25) is 0 Å². The maximum atomic E-state index is 3.67. The average molecular weight is 203 g/mol. The van der Waals surface area contributed by atoms with E-state index in [9.17, 15) is 0 Å². The molecular formula is C7H11BrN2. The summed E-state index contributed by atoms with van der Waals surface area (Å²) >= 11 is 0. The minimum atomic E-state index is 0. The highest BCUT2D eigenvalue weighted by Crippen LogP contribution is 1.93. The standard InChI is InChI=1S/C7H11N2.BrH/c1-4-7-5-8(2)6-9(7)3;/h4-6H,1H2,2-3H3;1H/q+1;/p-1. The van der Waals surface area contributed by atoms with E-state index in [-0.39, 0.29) is 17.0 Å². The highest BCUT2D eigenvalue weighted by molar-refractivity contribution is 5.38. The van der Waals surface area contributed by atoms with E-state index in [2.05, 4.69) is 6.58 Å². The summed E-state index contributed by atoms with van der Waals surface area (Å²) in [7, 11) is 3.99. The van der Waals surface area contributed by atoms with Gasteiger partial charge in [0.05, 0.1) is 14.1 Å². The van der Waals surface area contributed by atoms with Crippen LogP contribution in [0.3, 0.4) is 0 Å². The fourth-order valence-electron chi connectivity index (χ4n) is 0.870. The lowest BCUT2D eigenvalue weighted by Crippen LogP contribution is -3.00. The van der Waals surface area contributed by atoms with E-state index < -0.39 is 0 Å². The van der Waals surface area contributed by atoms with E-state index in [4.69, 9.17) is 0 Å². The van der Waals surface area contributed by atoms with Gasteiger partial charge in [-0.05, 0) is 6.08 Å². The molecule has 0 aliphatic carbocycles. The summed E-state index contributed by atoms with van der Waals surface area (Å²) in [6, 6.07) is 0. The molecular weight excluding hydrogens is 192 g/mol. The highest BCUT2D eigenvalue weighted by Gasteiger charge is 2.00. The van der Waals surface area contributed by atoms with Crippen LogP contribution >= 0.6 is 0 Å². The van der Waals surface area contributed by atoms with Crippen molar-refractivity contribution in [2.45, 2.75) is 0 Å². The Morgan fingerprint density at radius 1 is 1.70 bits per heavy atom. The normalized spacial score (nSPS) is 8.60. The summed E-state index contributed by atoms with van der Waals surface area (Å²) in [6.45, 7) is 3.67. The van der Waals surface area contributed by atoms with Crippen molar-refractivity contribution in [3.05, 3.63) is 24.8 Å². The Kier molecular flexibility index (Phi) is 3.36. The summed E-state index contributed by atoms with van der Waals surface area (Å²) in [5.74, 6) is 0. The molecule has 3 heteroatoms. The topological polar surface area (TPSA) is 8.81 Å². The molecule has 0 atom stereocenters. The van der Waals surface area contributed by atoms with Gasteiger partial charge in [0.25, 0.3) is 0 Å². The predicted molar refractivity (Wildman–Crippen MR) is 36.7 cm³/mol. The first-order valence-electron chi connectivity index (χ1n) is 2.88. The first-order valence-corrected chi connectivity index (χ1v) is 2.88. The zero-order chi connectivity index (χ0) is 6.85. The predicted octanol–water partition coefficient (Wildman–Crippen LogP) is -2.50. The van der Waals surface area contributed by atoms with E-state index >= 15 is 0 Å². The number of aromatic nitrogens is 2. The van der Waals surface area contributed by atoms with Crippen molar-refractivity contribution in [1.82, 2.24) is 4.57 Å². The van der Waals surface area contributed by atoms with Crippen molar-refractivity contribution in [3.8, 4) is 0 Å². The molecule has 1 heterocycles. The maximum absolute atomic E-state index is 3.67. The lowest BCUT2D eigenvalue weighted by molar-refractivity contribution is -0.671. The van der Waals surface area contributed by atoms with Crippen LogP contribution < -0.4 is 21.5 Å². The summed E-state index contributed by atoms with van der Waals surface area (Å²) in [5, 5.41) is 0. The number of imidazole rings is 1. The first kappa shape index (κ1) is 9.43. The molecule has 2 nitrogen and oxygen atoms in total. The monoisotopic (exact) mass is 202 g/mol. The third-order valence-corrected chi connectivity index (χ3v) is 1.31. The Morgan fingerprint density at radius 3 is 2.50 bits per heavy atom. The molecule has 0 fully saturated rings. The Morgan fingerprint density at radius 2 is 2.30 bits per heavy atom. The fourth-order valence-corrected chi connectivity index (χ4v) is 0.870. The molecule has 0 saturated heterocycles. The maximum Gasteiger partial charge on any atom is 0.243 e. The number of nitrogens with zero attached hydrogens (tertiary/aromatic N) is 2. The highest BCUT2D eigenvalue weighted by atomic mass is 79.9. The van der Waals surface area contributed by atoms with Crippen LogP contribution in [0.15, 0.2) is 19.1 Å². The Balaban J connectivity index is 0.000000810. The molecule has 0 radical (unpaired) electrons. The summed E-state index contributed by atoms with van der Waals surface area (Å²) in [6.07, 6.45) is 5.85. The van der Waals surface area contributed by atoms with E-state index in [0.29, 0.717) is 0 Å². The second-order valence-electron chi connectivity index (χ2n) is 2.15. The van der Waals surface area contributed by atoms with Gasteiger partial charge in [0, 0.05) is 0 Å². The van der Waals surface area contributed by atoms with Crippen LogP contribution in [-0.4, -0.2) is 4.57 Å². The van der Waals surface area contributed by atoms with E-state index in [1.54, 1.807) is 0 Å². The Hall–Kier alpha value is -0.570. The van der Waals surface area contributed by atoms with Crippen molar-refractivity contribution < 1.29 is 21.5 Å². The van der Waals surface area contributed by atoms with Crippen LogP contribution in [-0.2, 0) is 14.1 Å². The molecule has 56 valence electrons. The molecule has 1 rings (SSSR count). The number of halogens is 1.